The van der Waals surface area contributed by atoms with Crippen LogP contribution in [-0.4, -0.2) is 20.0 Å². The van der Waals surface area contributed by atoms with E-state index in [1.807, 2.05) is 0 Å². The van der Waals surface area contributed by atoms with Crippen molar-refractivity contribution in [2.24, 2.45) is 0 Å². The molecular formula is C21H19NO7. The third kappa shape index (κ3) is 4.21. The van der Waals surface area contributed by atoms with E-state index in [4.69, 9.17) is 18.3 Å². The molecule has 1 N–H and O–H groups in total. The maximum atomic E-state index is 12.6. The molecule has 0 aliphatic heterocycles. The first-order chi connectivity index (χ1) is 13.8. The Kier molecular flexibility index (Phi) is 5.54. The van der Waals surface area contributed by atoms with Gasteiger partial charge >= 0.3 is 11.3 Å². The van der Waals surface area contributed by atoms with Crippen LogP contribution in [-0.2, 0) is 0 Å². The van der Waals surface area contributed by atoms with Crippen LogP contribution in [0.2, 0.25) is 0 Å². The molecule has 8 heteroatoms. The number of anilines is 1. The summed E-state index contributed by atoms with van der Waals surface area (Å²) in [6.45, 7) is 3.22. The van der Waals surface area contributed by atoms with Gasteiger partial charge in [0.25, 0.3) is 0 Å². The van der Waals surface area contributed by atoms with Crippen LogP contribution in [0.25, 0.3) is 11.0 Å². The predicted molar refractivity (Wildman–Crippen MR) is 107 cm³/mol. The fourth-order valence-electron chi connectivity index (χ4n) is 2.76. The number of hydrogen-bond acceptors (Lipinski definition) is 8. The zero-order valence-corrected chi connectivity index (χ0v) is 16.3. The van der Waals surface area contributed by atoms with Gasteiger partial charge in [0, 0.05) is 23.9 Å². The topological polar surface area (TPSA) is 108 Å². The SMILES string of the molecule is COc1ccc(N/C(C)=C/C(=O)c2cc3c(=O)oc(C)cc3oc2=O)c(OC)c1. The molecule has 3 aromatic rings. The zero-order chi connectivity index (χ0) is 21.1. The minimum Gasteiger partial charge on any atom is -0.497 e. The number of carbonyl (C=O) groups is 1. The van der Waals surface area contributed by atoms with Gasteiger partial charge in [0.15, 0.2) is 5.78 Å². The van der Waals surface area contributed by atoms with Crippen molar-refractivity contribution < 1.29 is 23.1 Å². The van der Waals surface area contributed by atoms with Gasteiger partial charge in [0.1, 0.15) is 33.8 Å². The lowest BCUT2D eigenvalue weighted by molar-refractivity contribution is 0.104. The minimum absolute atomic E-state index is 0.0226. The van der Waals surface area contributed by atoms with Crippen LogP contribution in [0.4, 0.5) is 5.69 Å². The molecule has 8 nitrogen and oxygen atoms in total. The van der Waals surface area contributed by atoms with E-state index in [0.29, 0.717) is 28.6 Å². The van der Waals surface area contributed by atoms with Crippen LogP contribution in [0.1, 0.15) is 23.0 Å². The van der Waals surface area contributed by atoms with Gasteiger partial charge in [0.05, 0.1) is 19.9 Å². The van der Waals surface area contributed by atoms with Gasteiger partial charge in [0.2, 0.25) is 0 Å². The molecule has 0 bridgehead atoms. The molecule has 0 radical (unpaired) electrons. The highest BCUT2D eigenvalue weighted by atomic mass is 16.5. The second-order valence-electron chi connectivity index (χ2n) is 6.25. The molecular weight excluding hydrogens is 378 g/mol. The standard InChI is InChI=1S/C21H19NO7/c1-11(22-16-6-5-13(26-3)9-19(16)27-4)7-17(23)14-10-15-18(29-20(14)24)8-12(2)28-21(15)25/h5-10,22H,1-4H3/b11-7+. The van der Waals surface area contributed by atoms with Crippen LogP contribution < -0.4 is 26.0 Å². The number of nitrogens with one attached hydrogen (secondary N) is 1. The number of allylic oxidation sites excluding steroid dienone is 2. The highest BCUT2D eigenvalue weighted by Crippen LogP contribution is 2.30. The molecule has 29 heavy (non-hydrogen) atoms. The number of fused-ring (bicyclic) bond motifs is 1. The number of carbonyl (C=O) groups excluding carboxylic acids is 1. The van der Waals surface area contributed by atoms with Crippen molar-refractivity contribution in [1.82, 2.24) is 0 Å². The Morgan fingerprint density at radius 3 is 2.48 bits per heavy atom. The van der Waals surface area contributed by atoms with Crippen LogP contribution in [0.5, 0.6) is 11.5 Å². The van der Waals surface area contributed by atoms with E-state index in [2.05, 4.69) is 5.32 Å². The summed E-state index contributed by atoms with van der Waals surface area (Å²) in [7, 11) is 3.06. The number of rotatable bonds is 6. The van der Waals surface area contributed by atoms with Crippen LogP contribution in [0.3, 0.4) is 0 Å². The van der Waals surface area contributed by atoms with Gasteiger partial charge < -0.3 is 23.6 Å². The largest absolute Gasteiger partial charge is 0.497 e. The summed E-state index contributed by atoms with van der Waals surface area (Å²) in [6, 6.07) is 7.77. The maximum absolute atomic E-state index is 12.6. The first kappa shape index (κ1) is 19.9. The molecule has 0 saturated heterocycles. The third-order valence-electron chi connectivity index (χ3n) is 4.14. The lowest BCUT2D eigenvalue weighted by atomic mass is 10.1. The first-order valence-corrected chi connectivity index (χ1v) is 8.62. The molecule has 3 rings (SSSR count). The number of ketones is 1. The molecule has 150 valence electrons. The molecule has 1 aromatic carbocycles. The molecule has 0 saturated carbocycles. The van der Waals surface area contributed by atoms with E-state index >= 15 is 0 Å². The van der Waals surface area contributed by atoms with Crippen molar-refractivity contribution in [2.75, 3.05) is 19.5 Å². The lowest BCUT2D eigenvalue weighted by Crippen LogP contribution is -2.15. The van der Waals surface area contributed by atoms with E-state index in [0.717, 1.165) is 0 Å². The number of aryl methyl sites for hydroxylation is 1. The summed E-state index contributed by atoms with van der Waals surface area (Å²) in [5.41, 5.74) is -0.651. The van der Waals surface area contributed by atoms with Crippen molar-refractivity contribution in [2.45, 2.75) is 13.8 Å². The van der Waals surface area contributed by atoms with Gasteiger partial charge in [-0.15, -0.1) is 0 Å². The Bertz CT molecular complexity index is 1230. The van der Waals surface area contributed by atoms with Crippen LogP contribution in [0, 0.1) is 6.92 Å². The summed E-state index contributed by atoms with van der Waals surface area (Å²) in [5, 5.41) is 3.06. The van der Waals surface area contributed by atoms with Crippen molar-refractivity contribution in [1.29, 1.82) is 0 Å². The molecule has 0 amide bonds. The van der Waals surface area contributed by atoms with Crippen molar-refractivity contribution in [3.63, 3.8) is 0 Å². The smallest absolute Gasteiger partial charge is 0.347 e. The monoisotopic (exact) mass is 397 g/mol. The van der Waals surface area contributed by atoms with Gasteiger partial charge in [-0.1, -0.05) is 0 Å². The molecule has 2 heterocycles. The minimum atomic E-state index is -0.835. The molecule has 0 aliphatic rings. The van der Waals surface area contributed by atoms with Gasteiger partial charge in [-0.05, 0) is 32.0 Å². The van der Waals surface area contributed by atoms with Crippen molar-refractivity contribution in [3.8, 4) is 11.5 Å². The highest BCUT2D eigenvalue weighted by Gasteiger charge is 2.15. The number of methoxy groups -OCH3 is 2. The normalized spacial score (nSPS) is 11.4. The Labute approximate surface area is 165 Å². The second-order valence-corrected chi connectivity index (χ2v) is 6.25. The summed E-state index contributed by atoms with van der Waals surface area (Å²) in [4.78, 5) is 36.8. The fraction of sp³-hybridized carbons (Fsp3) is 0.190. The maximum Gasteiger partial charge on any atom is 0.347 e. The van der Waals surface area contributed by atoms with Crippen molar-refractivity contribution in [3.05, 3.63) is 74.3 Å². The molecule has 0 unspecified atom stereocenters. The van der Waals surface area contributed by atoms with Crippen molar-refractivity contribution >= 4 is 22.4 Å². The lowest BCUT2D eigenvalue weighted by Gasteiger charge is -2.12. The first-order valence-electron chi connectivity index (χ1n) is 8.62. The fourth-order valence-corrected chi connectivity index (χ4v) is 2.76. The average molecular weight is 397 g/mol. The number of benzene rings is 1. The van der Waals surface area contributed by atoms with E-state index in [-0.39, 0.29) is 16.5 Å². The zero-order valence-electron chi connectivity index (χ0n) is 16.3. The van der Waals surface area contributed by atoms with Gasteiger partial charge in [-0.2, -0.15) is 0 Å². The van der Waals surface area contributed by atoms with Gasteiger partial charge in [-0.3, -0.25) is 4.79 Å². The second kappa shape index (κ2) is 8.05. The van der Waals surface area contributed by atoms with E-state index in [1.54, 1.807) is 39.2 Å². The quantitative estimate of drug-likeness (QED) is 0.499. The molecule has 0 fully saturated rings. The molecule has 0 spiro atoms. The third-order valence-corrected chi connectivity index (χ3v) is 4.14. The Morgan fingerprint density at radius 1 is 1.03 bits per heavy atom. The Balaban J connectivity index is 1.93. The summed E-state index contributed by atoms with van der Waals surface area (Å²) >= 11 is 0. The Hall–Kier alpha value is -3.81. The van der Waals surface area contributed by atoms with E-state index < -0.39 is 17.0 Å². The Morgan fingerprint density at radius 2 is 1.79 bits per heavy atom. The van der Waals surface area contributed by atoms with Crippen LogP contribution in [0.15, 0.2) is 60.5 Å². The predicted octanol–water partition coefficient (Wildman–Crippen LogP) is 3.27. The molecule has 2 aromatic heterocycles. The van der Waals surface area contributed by atoms with Crippen LogP contribution >= 0.6 is 0 Å². The van der Waals surface area contributed by atoms with E-state index in [1.165, 1.54) is 25.3 Å². The molecule has 0 aliphatic carbocycles. The van der Waals surface area contributed by atoms with E-state index in [9.17, 15) is 14.4 Å². The summed E-state index contributed by atoms with van der Waals surface area (Å²) < 4.78 is 20.6. The number of hydrogen-bond donors (Lipinski definition) is 1. The van der Waals surface area contributed by atoms with Gasteiger partial charge in [-0.25, -0.2) is 9.59 Å². The summed E-state index contributed by atoms with van der Waals surface area (Å²) in [6.07, 6.45) is 1.23. The number of ether oxygens (including phenoxy) is 2. The molecule has 0 atom stereocenters. The highest BCUT2D eigenvalue weighted by molar-refractivity contribution is 6.06. The summed E-state index contributed by atoms with van der Waals surface area (Å²) in [5.74, 6) is 0.826. The average Bonchev–Trinajstić information content (AvgIpc) is 2.67.